The maximum absolute atomic E-state index is 5.38. The maximum Gasteiger partial charge on any atom is 0.136 e. The SMILES string of the molecule is CNc1cc(NCC2CCOCC2)nc(C2CC2)n1. The van der Waals surface area contributed by atoms with Gasteiger partial charge in [-0.25, -0.2) is 9.97 Å². The fraction of sp³-hybridized carbons (Fsp3) is 0.714. The van der Waals surface area contributed by atoms with Crippen LogP contribution in [-0.4, -0.2) is 36.8 Å². The van der Waals surface area contributed by atoms with Crippen LogP contribution in [-0.2, 0) is 4.74 Å². The fourth-order valence-corrected chi connectivity index (χ4v) is 2.41. The Balaban J connectivity index is 1.63. The first-order chi connectivity index (χ1) is 9.35. The Kier molecular flexibility index (Phi) is 3.82. The van der Waals surface area contributed by atoms with Crippen LogP contribution in [0.1, 0.15) is 37.4 Å². The molecule has 5 nitrogen and oxygen atoms in total. The Morgan fingerprint density at radius 1 is 1.16 bits per heavy atom. The van der Waals surface area contributed by atoms with E-state index in [-0.39, 0.29) is 0 Å². The zero-order chi connectivity index (χ0) is 13.1. The summed E-state index contributed by atoms with van der Waals surface area (Å²) in [6.07, 6.45) is 4.75. The molecule has 1 saturated carbocycles. The molecule has 2 aliphatic rings. The lowest BCUT2D eigenvalue weighted by molar-refractivity contribution is 0.0699. The van der Waals surface area contributed by atoms with Gasteiger partial charge in [-0.1, -0.05) is 0 Å². The van der Waals surface area contributed by atoms with Gasteiger partial charge in [-0.3, -0.25) is 0 Å². The van der Waals surface area contributed by atoms with Gasteiger partial charge in [0.05, 0.1) is 0 Å². The molecule has 19 heavy (non-hydrogen) atoms. The van der Waals surface area contributed by atoms with E-state index in [1.807, 2.05) is 13.1 Å². The van der Waals surface area contributed by atoms with Crippen molar-refractivity contribution in [3.8, 4) is 0 Å². The molecular weight excluding hydrogens is 240 g/mol. The third kappa shape index (κ3) is 3.35. The van der Waals surface area contributed by atoms with Crippen LogP contribution in [0, 0.1) is 5.92 Å². The van der Waals surface area contributed by atoms with E-state index in [2.05, 4.69) is 20.6 Å². The van der Waals surface area contributed by atoms with E-state index in [0.29, 0.717) is 11.8 Å². The lowest BCUT2D eigenvalue weighted by atomic mass is 10.0. The number of ether oxygens (including phenoxy) is 1. The molecule has 1 aliphatic carbocycles. The van der Waals surface area contributed by atoms with E-state index in [1.54, 1.807) is 0 Å². The highest BCUT2D eigenvalue weighted by Crippen LogP contribution is 2.38. The van der Waals surface area contributed by atoms with Crippen LogP contribution in [0.15, 0.2) is 6.07 Å². The van der Waals surface area contributed by atoms with Crippen molar-refractivity contribution in [2.45, 2.75) is 31.6 Å². The predicted octanol–water partition coefficient (Wildman–Crippen LogP) is 2.23. The van der Waals surface area contributed by atoms with E-state index in [1.165, 1.54) is 12.8 Å². The van der Waals surface area contributed by atoms with Crippen LogP contribution in [0.5, 0.6) is 0 Å². The van der Waals surface area contributed by atoms with Gasteiger partial charge in [0.15, 0.2) is 0 Å². The summed E-state index contributed by atoms with van der Waals surface area (Å²) in [6, 6.07) is 1.99. The molecule has 5 heteroatoms. The van der Waals surface area contributed by atoms with Gasteiger partial charge in [-0.2, -0.15) is 0 Å². The normalized spacial score (nSPS) is 20.3. The van der Waals surface area contributed by atoms with Crippen molar-refractivity contribution < 1.29 is 4.74 Å². The van der Waals surface area contributed by atoms with Crippen molar-refractivity contribution in [1.29, 1.82) is 0 Å². The van der Waals surface area contributed by atoms with Crippen molar-refractivity contribution in [3.63, 3.8) is 0 Å². The summed E-state index contributed by atoms with van der Waals surface area (Å²) in [4.78, 5) is 9.16. The van der Waals surface area contributed by atoms with Crippen LogP contribution >= 0.6 is 0 Å². The van der Waals surface area contributed by atoms with Gasteiger partial charge in [0.2, 0.25) is 0 Å². The van der Waals surface area contributed by atoms with Crippen molar-refractivity contribution in [3.05, 3.63) is 11.9 Å². The number of nitrogens with one attached hydrogen (secondary N) is 2. The topological polar surface area (TPSA) is 59.1 Å². The second-order valence-electron chi connectivity index (χ2n) is 5.46. The third-order valence-corrected chi connectivity index (χ3v) is 3.85. The summed E-state index contributed by atoms with van der Waals surface area (Å²) >= 11 is 0. The molecule has 2 fully saturated rings. The highest BCUT2D eigenvalue weighted by Gasteiger charge is 2.27. The van der Waals surface area contributed by atoms with E-state index in [4.69, 9.17) is 4.74 Å². The minimum absolute atomic E-state index is 0.580. The Bertz CT molecular complexity index is 427. The molecule has 0 unspecified atom stereocenters. The van der Waals surface area contributed by atoms with Crippen molar-refractivity contribution in [2.75, 3.05) is 37.4 Å². The number of aromatic nitrogens is 2. The summed E-state index contributed by atoms with van der Waals surface area (Å²) in [5, 5.41) is 6.58. The summed E-state index contributed by atoms with van der Waals surface area (Å²) < 4.78 is 5.38. The Labute approximate surface area is 114 Å². The number of hydrogen-bond acceptors (Lipinski definition) is 5. The first-order valence-corrected chi connectivity index (χ1v) is 7.23. The molecule has 0 atom stereocenters. The first-order valence-electron chi connectivity index (χ1n) is 7.23. The van der Waals surface area contributed by atoms with Crippen LogP contribution in [0.2, 0.25) is 0 Å². The minimum Gasteiger partial charge on any atom is -0.381 e. The van der Waals surface area contributed by atoms with E-state index in [9.17, 15) is 0 Å². The monoisotopic (exact) mass is 262 g/mol. The molecule has 104 valence electrons. The Hall–Kier alpha value is -1.36. The highest BCUT2D eigenvalue weighted by atomic mass is 16.5. The number of rotatable bonds is 5. The second kappa shape index (κ2) is 5.74. The smallest absolute Gasteiger partial charge is 0.136 e. The second-order valence-corrected chi connectivity index (χ2v) is 5.46. The largest absolute Gasteiger partial charge is 0.381 e. The average Bonchev–Trinajstić information content (AvgIpc) is 3.30. The molecule has 1 aromatic heterocycles. The first kappa shape index (κ1) is 12.7. The van der Waals surface area contributed by atoms with Gasteiger partial charge in [-0.05, 0) is 31.6 Å². The third-order valence-electron chi connectivity index (χ3n) is 3.85. The van der Waals surface area contributed by atoms with E-state index >= 15 is 0 Å². The quantitative estimate of drug-likeness (QED) is 0.852. The van der Waals surface area contributed by atoms with Crippen LogP contribution in [0.25, 0.3) is 0 Å². The molecule has 1 aromatic rings. The Morgan fingerprint density at radius 3 is 2.58 bits per heavy atom. The molecule has 0 aromatic carbocycles. The van der Waals surface area contributed by atoms with Crippen molar-refractivity contribution >= 4 is 11.6 Å². The average molecular weight is 262 g/mol. The number of nitrogens with zero attached hydrogens (tertiary/aromatic N) is 2. The lowest BCUT2D eigenvalue weighted by Crippen LogP contribution is -2.23. The number of anilines is 2. The molecule has 0 radical (unpaired) electrons. The zero-order valence-corrected chi connectivity index (χ0v) is 11.5. The summed E-state index contributed by atoms with van der Waals surface area (Å²) in [5.74, 6) is 4.13. The van der Waals surface area contributed by atoms with Gasteiger partial charge in [0, 0.05) is 38.8 Å². The Morgan fingerprint density at radius 2 is 1.89 bits per heavy atom. The molecule has 0 amide bonds. The van der Waals surface area contributed by atoms with E-state index in [0.717, 1.165) is 50.1 Å². The minimum atomic E-state index is 0.580. The molecule has 1 saturated heterocycles. The lowest BCUT2D eigenvalue weighted by Gasteiger charge is -2.22. The summed E-state index contributed by atoms with van der Waals surface area (Å²) in [6.45, 7) is 2.77. The number of hydrogen-bond donors (Lipinski definition) is 2. The summed E-state index contributed by atoms with van der Waals surface area (Å²) in [7, 11) is 1.90. The van der Waals surface area contributed by atoms with E-state index < -0.39 is 0 Å². The summed E-state index contributed by atoms with van der Waals surface area (Å²) in [5.41, 5.74) is 0. The van der Waals surface area contributed by atoms with Gasteiger partial charge in [-0.15, -0.1) is 0 Å². The molecule has 0 spiro atoms. The van der Waals surface area contributed by atoms with Crippen molar-refractivity contribution in [2.24, 2.45) is 5.92 Å². The molecule has 2 heterocycles. The van der Waals surface area contributed by atoms with Gasteiger partial charge in [0.25, 0.3) is 0 Å². The van der Waals surface area contributed by atoms with Gasteiger partial charge in [0.1, 0.15) is 17.5 Å². The van der Waals surface area contributed by atoms with Crippen LogP contribution in [0.4, 0.5) is 11.6 Å². The van der Waals surface area contributed by atoms with Gasteiger partial charge < -0.3 is 15.4 Å². The van der Waals surface area contributed by atoms with Crippen molar-refractivity contribution in [1.82, 2.24) is 9.97 Å². The van der Waals surface area contributed by atoms with Gasteiger partial charge >= 0.3 is 0 Å². The predicted molar refractivity (Wildman–Crippen MR) is 75.6 cm³/mol. The molecular formula is C14H22N4O. The maximum atomic E-state index is 5.38. The molecule has 0 bridgehead atoms. The fourth-order valence-electron chi connectivity index (χ4n) is 2.41. The molecule has 3 rings (SSSR count). The standard InChI is InChI=1S/C14H22N4O/c1-15-12-8-13(18-14(17-12)11-2-3-11)16-9-10-4-6-19-7-5-10/h8,10-11H,2-7,9H2,1H3,(H2,15,16,17,18). The van der Waals surface area contributed by atoms with Crippen LogP contribution < -0.4 is 10.6 Å². The van der Waals surface area contributed by atoms with Crippen LogP contribution in [0.3, 0.4) is 0 Å². The zero-order valence-electron chi connectivity index (χ0n) is 11.5. The molecule has 1 aliphatic heterocycles. The highest BCUT2D eigenvalue weighted by molar-refractivity contribution is 5.47. The molecule has 2 N–H and O–H groups in total.